The van der Waals surface area contributed by atoms with Crippen LogP contribution in [-0.2, 0) is 4.79 Å². The SMILES string of the molecule is CN(C[C]=O)C1CCCC1. The van der Waals surface area contributed by atoms with Crippen LogP contribution < -0.4 is 0 Å². The van der Waals surface area contributed by atoms with Gasteiger partial charge in [-0.2, -0.15) is 0 Å². The van der Waals surface area contributed by atoms with Crippen molar-refractivity contribution in [1.29, 1.82) is 0 Å². The molecule has 1 rings (SSSR count). The number of hydrogen-bond donors (Lipinski definition) is 0. The van der Waals surface area contributed by atoms with E-state index in [0.29, 0.717) is 12.6 Å². The summed E-state index contributed by atoms with van der Waals surface area (Å²) in [7, 11) is 2.00. The monoisotopic (exact) mass is 140 g/mol. The van der Waals surface area contributed by atoms with Crippen molar-refractivity contribution in [1.82, 2.24) is 4.90 Å². The molecule has 0 amide bonds. The third kappa shape index (κ3) is 1.81. The summed E-state index contributed by atoms with van der Waals surface area (Å²) < 4.78 is 0. The lowest BCUT2D eigenvalue weighted by atomic mass is 10.2. The maximum atomic E-state index is 10.0. The van der Waals surface area contributed by atoms with Crippen LogP contribution in [0.2, 0.25) is 0 Å². The van der Waals surface area contributed by atoms with Crippen molar-refractivity contribution in [3.8, 4) is 0 Å². The van der Waals surface area contributed by atoms with Gasteiger partial charge in [-0.25, -0.2) is 0 Å². The van der Waals surface area contributed by atoms with Crippen molar-refractivity contribution in [2.24, 2.45) is 0 Å². The Balaban J connectivity index is 2.24. The van der Waals surface area contributed by atoms with Gasteiger partial charge in [-0.3, -0.25) is 9.69 Å². The maximum Gasteiger partial charge on any atom is 0.213 e. The predicted molar refractivity (Wildman–Crippen MR) is 40.6 cm³/mol. The summed E-state index contributed by atoms with van der Waals surface area (Å²) in [5, 5.41) is 0. The van der Waals surface area contributed by atoms with Crippen LogP contribution in [0.4, 0.5) is 0 Å². The Morgan fingerprint density at radius 2 is 2.10 bits per heavy atom. The Labute approximate surface area is 62.2 Å². The van der Waals surface area contributed by atoms with Crippen LogP contribution in [0.3, 0.4) is 0 Å². The molecule has 0 unspecified atom stereocenters. The molecule has 1 radical (unpaired) electrons. The van der Waals surface area contributed by atoms with Gasteiger partial charge in [-0.1, -0.05) is 12.8 Å². The van der Waals surface area contributed by atoms with E-state index in [1.54, 1.807) is 0 Å². The van der Waals surface area contributed by atoms with Gasteiger partial charge in [0.25, 0.3) is 0 Å². The molecule has 1 aliphatic carbocycles. The van der Waals surface area contributed by atoms with E-state index in [1.807, 2.05) is 13.3 Å². The van der Waals surface area contributed by atoms with Gasteiger partial charge >= 0.3 is 0 Å². The minimum absolute atomic E-state index is 0.477. The molecule has 0 bridgehead atoms. The average molecular weight is 140 g/mol. The van der Waals surface area contributed by atoms with E-state index in [-0.39, 0.29) is 0 Å². The van der Waals surface area contributed by atoms with Crippen LogP contribution in [0.5, 0.6) is 0 Å². The minimum atomic E-state index is 0.477. The maximum absolute atomic E-state index is 10.0. The van der Waals surface area contributed by atoms with Crippen molar-refractivity contribution in [3.63, 3.8) is 0 Å². The fraction of sp³-hybridized carbons (Fsp3) is 0.875. The Bertz CT molecular complexity index is 108. The van der Waals surface area contributed by atoms with Gasteiger partial charge in [0.1, 0.15) is 0 Å². The number of rotatable bonds is 3. The molecule has 0 aromatic carbocycles. The molecule has 57 valence electrons. The third-order valence-corrected chi connectivity index (χ3v) is 2.26. The van der Waals surface area contributed by atoms with Crippen molar-refractivity contribution in [3.05, 3.63) is 0 Å². The van der Waals surface area contributed by atoms with Gasteiger partial charge < -0.3 is 0 Å². The molecular formula is C8H14NO. The molecule has 0 aromatic heterocycles. The van der Waals surface area contributed by atoms with Crippen molar-refractivity contribution < 1.29 is 4.79 Å². The highest BCUT2D eigenvalue weighted by atomic mass is 16.1. The lowest BCUT2D eigenvalue weighted by Gasteiger charge is -2.20. The van der Waals surface area contributed by atoms with Crippen molar-refractivity contribution in [2.75, 3.05) is 13.6 Å². The summed E-state index contributed by atoms with van der Waals surface area (Å²) in [6.07, 6.45) is 7.10. The molecule has 10 heavy (non-hydrogen) atoms. The second-order valence-corrected chi connectivity index (χ2v) is 3.00. The van der Waals surface area contributed by atoms with E-state index in [0.717, 1.165) is 0 Å². The Morgan fingerprint density at radius 3 is 2.60 bits per heavy atom. The molecule has 0 N–H and O–H groups in total. The smallest absolute Gasteiger partial charge is 0.213 e. The van der Waals surface area contributed by atoms with Gasteiger partial charge in [0, 0.05) is 6.04 Å². The number of nitrogens with zero attached hydrogens (tertiary/aromatic N) is 1. The summed E-state index contributed by atoms with van der Waals surface area (Å²) >= 11 is 0. The Kier molecular flexibility index (Phi) is 2.87. The highest BCUT2D eigenvalue weighted by molar-refractivity contribution is 5.53. The zero-order chi connectivity index (χ0) is 7.40. The second kappa shape index (κ2) is 3.71. The van der Waals surface area contributed by atoms with Gasteiger partial charge in [0.2, 0.25) is 6.29 Å². The van der Waals surface area contributed by atoms with E-state index in [9.17, 15) is 4.79 Å². The highest BCUT2D eigenvalue weighted by Crippen LogP contribution is 2.21. The lowest BCUT2D eigenvalue weighted by Crippen LogP contribution is -2.30. The first kappa shape index (κ1) is 7.73. The molecule has 0 atom stereocenters. The summed E-state index contributed by atoms with van der Waals surface area (Å²) in [6, 6.07) is 0.654. The fourth-order valence-corrected chi connectivity index (χ4v) is 1.58. The topological polar surface area (TPSA) is 20.3 Å². The first-order valence-corrected chi connectivity index (χ1v) is 3.90. The molecular weight excluding hydrogens is 126 g/mol. The lowest BCUT2D eigenvalue weighted by molar-refractivity contribution is 0.275. The van der Waals surface area contributed by atoms with E-state index in [2.05, 4.69) is 4.90 Å². The molecule has 1 saturated carbocycles. The molecule has 1 aliphatic rings. The molecule has 2 heteroatoms. The number of carbonyl (C=O) groups excluding carboxylic acids is 1. The highest BCUT2D eigenvalue weighted by Gasteiger charge is 2.18. The van der Waals surface area contributed by atoms with Gasteiger partial charge in [0.05, 0.1) is 6.54 Å². The summed E-state index contributed by atoms with van der Waals surface area (Å²) in [4.78, 5) is 12.1. The number of hydrogen-bond acceptors (Lipinski definition) is 2. The third-order valence-electron chi connectivity index (χ3n) is 2.26. The van der Waals surface area contributed by atoms with E-state index < -0.39 is 0 Å². The van der Waals surface area contributed by atoms with Crippen LogP contribution in [-0.4, -0.2) is 30.8 Å². The first-order chi connectivity index (χ1) is 4.84. The average Bonchev–Trinajstić information content (AvgIpc) is 2.38. The summed E-state index contributed by atoms with van der Waals surface area (Å²) in [5.74, 6) is 0. The van der Waals surface area contributed by atoms with Gasteiger partial charge in [-0.15, -0.1) is 0 Å². The number of likely N-dealkylation sites (N-methyl/N-ethyl adjacent to an activating group) is 1. The zero-order valence-corrected chi connectivity index (χ0v) is 6.47. The molecule has 0 aliphatic heterocycles. The standard InChI is InChI=1S/C8H14NO/c1-9(6-7-10)8-4-2-3-5-8/h8H,2-6H2,1H3. The van der Waals surface area contributed by atoms with E-state index in [1.165, 1.54) is 25.7 Å². The summed E-state index contributed by atoms with van der Waals surface area (Å²) in [6.45, 7) is 0.477. The van der Waals surface area contributed by atoms with E-state index >= 15 is 0 Å². The predicted octanol–water partition coefficient (Wildman–Crippen LogP) is 0.970. The van der Waals surface area contributed by atoms with Gasteiger partial charge in [0.15, 0.2) is 0 Å². The Morgan fingerprint density at radius 1 is 1.50 bits per heavy atom. The first-order valence-electron chi connectivity index (χ1n) is 3.90. The zero-order valence-electron chi connectivity index (χ0n) is 6.47. The molecule has 1 fully saturated rings. The molecule has 0 aromatic rings. The van der Waals surface area contributed by atoms with Crippen molar-refractivity contribution >= 4 is 6.29 Å². The molecule has 0 spiro atoms. The second-order valence-electron chi connectivity index (χ2n) is 3.00. The largest absolute Gasteiger partial charge is 0.296 e. The van der Waals surface area contributed by atoms with Crippen molar-refractivity contribution in [2.45, 2.75) is 31.7 Å². The molecule has 0 saturated heterocycles. The van der Waals surface area contributed by atoms with Crippen LogP contribution in [0.15, 0.2) is 0 Å². The van der Waals surface area contributed by atoms with Crippen LogP contribution >= 0.6 is 0 Å². The normalized spacial score (nSPS) is 20.2. The molecule has 2 nitrogen and oxygen atoms in total. The van der Waals surface area contributed by atoms with E-state index in [4.69, 9.17) is 0 Å². The molecule has 0 heterocycles. The van der Waals surface area contributed by atoms with Crippen LogP contribution in [0, 0.1) is 0 Å². The van der Waals surface area contributed by atoms with Crippen LogP contribution in [0.25, 0.3) is 0 Å². The minimum Gasteiger partial charge on any atom is -0.296 e. The quantitative estimate of drug-likeness (QED) is 0.582. The summed E-state index contributed by atoms with van der Waals surface area (Å²) in [5.41, 5.74) is 0. The fourth-order valence-electron chi connectivity index (χ4n) is 1.58. The van der Waals surface area contributed by atoms with Crippen LogP contribution in [0.1, 0.15) is 25.7 Å². The van der Waals surface area contributed by atoms with Gasteiger partial charge in [-0.05, 0) is 19.9 Å². The Hall–Kier alpha value is -0.370.